The number of rotatable bonds is 0. The van der Waals surface area contributed by atoms with Crippen LogP contribution in [0, 0.1) is 6.92 Å². The number of hydrogen-bond donors (Lipinski definition) is 0. The van der Waals surface area contributed by atoms with Crippen molar-refractivity contribution in [1.29, 1.82) is 0 Å². The summed E-state index contributed by atoms with van der Waals surface area (Å²) in [5, 5.41) is 1.14. The molecule has 3 heteroatoms. The average Bonchev–Trinajstić information content (AvgIpc) is 2.31. The summed E-state index contributed by atoms with van der Waals surface area (Å²) in [4.78, 5) is 16.2. The first-order valence-corrected chi connectivity index (χ1v) is 5.04. The van der Waals surface area contributed by atoms with E-state index in [1.165, 1.54) is 0 Å². The van der Waals surface area contributed by atoms with Gasteiger partial charge in [0, 0.05) is 6.20 Å². The lowest BCUT2D eigenvalue weighted by Gasteiger charge is -2.00. The molecular weight excluding hydrogens is 202 g/mol. The van der Waals surface area contributed by atoms with Crippen LogP contribution in [0.5, 0.6) is 0 Å². The molecule has 0 spiro atoms. The summed E-state index contributed by atoms with van der Waals surface area (Å²) in [7, 11) is 0. The van der Waals surface area contributed by atoms with Crippen LogP contribution >= 0.6 is 0 Å². The van der Waals surface area contributed by atoms with E-state index >= 15 is 0 Å². The van der Waals surface area contributed by atoms with Crippen LogP contribution < -0.4 is 5.43 Å². The Balaban J connectivity index is 2.61. The third-order valence-electron chi connectivity index (χ3n) is 2.60. The predicted octanol–water partition coefficient (Wildman–Crippen LogP) is 2.65. The van der Waals surface area contributed by atoms with Crippen LogP contribution in [-0.2, 0) is 0 Å². The summed E-state index contributed by atoms with van der Waals surface area (Å²) >= 11 is 0. The maximum Gasteiger partial charge on any atom is 0.230 e. The second-order valence-corrected chi connectivity index (χ2v) is 3.79. The van der Waals surface area contributed by atoms with Crippen LogP contribution in [0.3, 0.4) is 0 Å². The predicted molar refractivity (Wildman–Crippen MR) is 62.5 cm³/mol. The zero-order valence-electron chi connectivity index (χ0n) is 8.73. The molecule has 3 rings (SSSR count). The Labute approximate surface area is 91.3 Å². The molecule has 0 aliphatic rings. The molecule has 78 valence electrons. The highest BCUT2D eigenvalue weighted by atomic mass is 16.3. The summed E-state index contributed by atoms with van der Waals surface area (Å²) in [5.41, 5.74) is 2.00. The third kappa shape index (κ3) is 1.21. The maximum atomic E-state index is 12.1. The molecular formula is C13H9NO2. The van der Waals surface area contributed by atoms with Crippen LogP contribution in [0.2, 0.25) is 0 Å². The molecule has 0 amide bonds. The highest BCUT2D eigenvalue weighted by molar-refractivity contribution is 5.88. The van der Waals surface area contributed by atoms with Crippen molar-refractivity contribution in [1.82, 2.24) is 4.98 Å². The van der Waals surface area contributed by atoms with E-state index in [9.17, 15) is 4.79 Å². The Morgan fingerprint density at radius 3 is 2.94 bits per heavy atom. The van der Waals surface area contributed by atoms with Gasteiger partial charge in [-0.1, -0.05) is 11.6 Å². The highest BCUT2D eigenvalue weighted by Gasteiger charge is 2.07. The molecule has 0 aliphatic carbocycles. The molecule has 0 unspecified atom stereocenters. The Bertz CT molecular complexity index is 744. The van der Waals surface area contributed by atoms with Crippen LogP contribution in [0.4, 0.5) is 0 Å². The number of aryl methyl sites for hydroxylation is 1. The van der Waals surface area contributed by atoms with E-state index in [0.717, 1.165) is 5.56 Å². The number of fused-ring (bicyclic) bond motifs is 2. The van der Waals surface area contributed by atoms with Gasteiger partial charge in [-0.25, -0.2) is 4.98 Å². The molecule has 0 bridgehead atoms. The summed E-state index contributed by atoms with van der Waals surface area (Å²) in [6.45, 7) is 1.95. The molecule has 3 aromatic rings. The molecule has 3 nitrogen and oxygen atoms in total. The number of pyridine rings is 1. The van der Waals surface area contributed by atoms with Crippen LogP contribution in [0.1, 0.15) is 5.56 Å². The summed E-state index contributed by atoms with van der Waals surface area (Å²) < 4.78 is 5.57. The SMILES string of the molecule is Cc1ccc2oc3ncccc3c(=O)c2c1. The van der Waals surface area contributed by atoms with E-state index in [2.05, 4.69) is 4.98 Å². The standard InChI is InChI=1S/C13H9NO2/c1-8-4-5-11-10(7-8)12(15)9-3-2-6-14-13(9)16-11/h2-7H,1H3. The molecule has 16 heavy (non-hydrogen) atoms. The van der Waals surface area contributed by atoms with Crippen LogP contribution in [0.15, 0.2) is 45.7 Å². The number of hydrogen-bond acceptors (Lipinski definition) is 3. The van der Waals surface area contributed by atoms with Gasteiger partial charge in [-0.3, -0.25) is 4.79 Å². The van der Waals surface area contributed by atoms with Crippen molar-refractivity contribution >= 4 is 22.1 Å². The molecule has 2 aromatic heterocycles. The first-order valence-electron chi connectivity index (χ1n) is 5.04. The van der Waals surface area contributed by atoms with E-state index < -0.39 is 0 Å². The third-order valence-corrected chi connectivity index (χ3v) is 2.60. The van der Waals surface area contributed by atoms with Gasteiger partial charge in [-0.15, -0.1) is 0 Å². The Morgan fingerprint density at radius 1 is 1.19 bits per heavy atom. The van der Waals surface area contributed by atoms with Crippen LogP contribution in [0.25, 0.3) is 22.1 Å². The van der Waals surface area contributed by atoms with Gasteiger partial charge in [-0.2, -0.15) is 0 Å². The fraction of sp³-hybridized carbons (Fsp3) is 0.0769. The molecule has 0 saturated heterocycles. The van der Waals surface area contributed by atoms with Crippen LogP contribution in [-0.4, -0.2) is 4.98 Å². The van der Waals surface area contributed by atoms with Crippen molar-refractivity contribution in [3.63, 3.8) is 0 Å². The quantitative estimate of drug-likeness (QED) is 0.537. The lowest BCUT2D eigenvalue weighted by molar-refractivity contribution is 0.644. The zero-order valence-corrected chi connectivity index (χ0v) is 8.73. The lowest BCUT2D eigenvalue weighted by atomic mass is 10.1. The van der Waals surface area contributed by atoms with Gasteiger partial charge >= 0.3 is 0 Å². The average molecular weight is 211 g/mol. The fourth-order valence-electron chi connectivity index (χ4n) is 1.80. The molecule has 0 aliphatic heterocycles. The topological polar surface area (TPSA) is 43.1 Å². The van der Waals surface area contributed by atoms with Gasteiger partial charge in [0.15, 0.2) is 0 Å². The van der Waals surface area contributed by atoms with Crippen molar-refractivity contribution < 1.29 is 4.42 Å². The van der Waals surface area contributed by atoms with Crippen molar-refractivity contribution in [2.75, 3.05) is 0 Å². The minimum Gasteiger partial charge on any atom is -0.437 e. The van der Waals surface area contributed by atoms with Gasteiger partial charge in [0.1, 0.15) is 5.58 Å². The Morgan fingerprint density at radius 2 is 2.06 bits per heavy atom. The molecule has 1 aromatic carbocycles. The van der Waals surface area contributed by atoms with E-state index in [4.69, 9.17) is 4.42 Å². The molecule has 0 atom stereocenters. The zero-order chi connectivity index (χ0) is 11.1. The normalized spacial score (nSPS) is 11.1. The van der Waals surface area contributed by atoms with E-state index in [1.54, 1.807) is 24.4 Å². The summed E-state index contributed by atoms with van der Waals surface area (Å²) in [5.74, 6) is 0. The highest BCUT2D eigenvalue weighted by Crippen LogP contribution is 2.17. The maximum absolute atomic E-state index is 12.1. The monoisotopic (exact) mass is 211 g/mol. The number of benzene rings is 1. The first kappa shape index (κ1) is 9.09. The van der Waals surface area contributed by atoms with Crippen molar-refractivity contribution in [3.8, 4) is 0 Å². The van der Waals surface area contributed by atoms with E-state index in [1.807, 2.05) is 19.1 Å². The molecule has 0 radical (unpaired) electrons. The van der Waals surface area contributed by atoms with Crippen molar-refractivity contribution in [2.24, 2.45) is 0 Å². The van der Waals surface area contributed by atoms with E-state index in [0.29, 0.717) is 22.1 Å². The molecule has 0 N–H and O–H groups in total. The molecule has 0 fully saturated rings. The van der Waals surface area contributed by atoms with E-state index in [-0.39, 0.29) is 5.43 Å². The minimum absolute atomic E-state index is 0.0203. The van der Waals surface area contributed by atoms with Gasteiger partial charge in [0.05, 0.1) is 10.8 Å². The number of aromatic nitrogens is 1. The number of nitrogens with zero attached hydrogens (tertiary/aromatic N) is 1. The lowest BCUT2D eigenvalue weighted by Crippen LogP contribution is -2.02. The van der Waals surface area contributed by atoms with Gasteiger partial charge in [0.25, 0.3) is 0 Å². The molecule has 2 heterocycles. The second kappa shape index (κ2) is 3.17. The van der Waals surface area contributed by atoms with Gasteiger partial charge in [0.2, 0.25) is 11.1 Å². The smallest absolute Gasteiger partial charge is 0.230 e. The first-order chi connectivity index (χ1) is 7.75. The summed E-state index contributed by atoms with van der Waals surface area (Å²) in [6.07, 6.45) is 1.62. The summed E-state index contributed by atoms with van der Waals surface area (Å²) in [6, 6.07) is 9.03. The Kier molecular flexibility index (Phi) is 1.80. The largest absolute Gasteiger partial charge is 0.437 e. The van der Waals surface area contributed by atoms with Crippen molar-refractivity contribution in [2.45, 2.75) is 6.92 Å². The minimum atomic E-state index is -0.0203. The Hall–Kier alpha value is -2.16. The van der Waals surface area contributed by atoms with Crippen molar-refractivity contribution in [3.05, 3.63) is 52.3 Å². The fourth-order valence-corrected chi connectivity index (χ4v) is 1.80. The van der Waals surface area contributed by atoms with Gasteiger partial charge in [-0.05, 0) is 31.2 Å². The van der Waals surface area contributed by atoms with Gasteiger partial charge < -0.3 is 4.42 Å². The molecule has 0 saturated carbocycles. The second-order valence-electron chi connectivity index (χ2n) is 3.79.